The molecule has 0 saturated heterocycles. The molecule has 1 amide bonds. The topological polar surface area (TPSA) is 108 Å². The molecule has 2 N–H and O–H groups in total. The number of aliphatic hydroxyl groups excluding tert-OH is 1. The predicted molar refractivity (Wildman–Crippen MR) is 256 cm³/mol. The van der Waals surface area contributed by atoms with Crippen LogP contribution in [0.1, 0.15) is 258 Å². The van der Waals surface area contributed by atoms with E-state index in [9.17, 15) is 19.4 Å². The normalized spacial score (nSPS) is 14.2. The lowest BCUT2D eigenvalue weighted by Crippen LogP contribution is -2.46. The number of rotatable bonds is 48. The quantitative estimate of drug-likeness (QED) is 0.0273. The van der Waals surface area contributed by atoms with Crippen LogP contribution in [-0.4, -0.2) is 68.5 Å². The SMILES string of the molecule is CCCCCCCCCCCCCC/C=C\CCCCCCCCCCC(=O)NC(COP(=O)([O-])OCC[N+](C)(C)C)C(O)CCCCCCCCCCCCCCCC. The Morgan fingerprint density at radius 1 is 0.567 bits per heavy atom. The Morgan fingerprint density at radius 2 is 0.917 bits per heavy atom. The second-order valence-electron chi connectivity index (χ2n) is 19.2. The maximum absolute atomic E-state index is 12.9. The molecule has 0 saturated carbocycles. The standard InChI is InChI=1S/C51H103N2O6P/c1-6-8-10-12-14-16-18-20-22-23-24-25-26-27-28-29-30-31-33-35-37-39-41-43-45-51(55)52-49(48-59-60(56,57)58-47-46-53(3,4)5)50(54)44-42-40-38-36-34-32-21-19-17-15-13-11-9-7-2/h27-28,49-50,54H,6-26,29-48H2,1-5H3,(H-,52,55,56,57)/b28-27-. The van der Waals surface area contributed by atoms with E-state index in [1.165, 1.54) is 193 Å². The number of carbonyl (C=O) groups is 1. The summed E-state index contributed by atoms with van der Waals surface area (Å²) in [6, 6.07) is -0.798. The van der Waals surface area contributed by atoms with Crippen molar-refractivity contribution in [2.75, 3.05) is 40.9 Å². The zero-order chi connectivity index (χ0) is 44.3. The van der Waals surface area contributed by atoms with Gasteiger partial charge in [0.15, 0.2) is 0 Å². The first-order valence-corrected chi connectivity index (χ1v) is 27.5. The summed E-state index contributed by atoms with van der Waals surface area (Å²) in [5.41, 5.74) is 0. The first kappa shape index (κ1) is 59.2. The van der Waals surface area contributed by atoms with Crippen LogP contribution in [0.3, 0.4) is 0 Å². The van der Waals surface area contributed by atoms with Crippen LogP contribution in [0.2, 0.25) is 0 Å². The van der Waals surface area contributed by atoms with Crippen molar-refractivity contribution in [2.24, 2.45) is 0 Å². The number of carbonyl (C=O) groups excluding carboxylic acids is 1. The predicted octanol–water partition coefficient (Wildman–Crippen LogP) is 14.5. The first-order chi connectivity index (χ1) is 29.0. The molecule has 0 heterocycles. The van der Waals surface area contributed by atoms with Gasteiger partial charge in [-0.2, -0.15) is 0 Å². The number of allylic oxidation sites excluding steroid dienone is 2. The van der Waals surface area contributed by atoms with Crippen LogP contribution in [0.4, 0.5) is 0 Å². The minimum Gasteiger partial charge on any atom is -0.756 e. The molecule has 0 bridgehead atoms. The smallest absolute Gasteiger partial charge is 0.268 e. The van der Waals surface area contributed by atoms with Gasteiger partial charge in [-0.3, -0.25) is 9.36 Å². The van der Waals surface area contributed by atoms with E-state index >= 15 is 0 Å². The highest BCUT2D eigenvalue weighted by atomic mass is 31.2. The molecule has 0 fully saturated rings. The summed E-state index contributed by atoms with van der Waals surface area (Å²) in [5.74, 6) is -0.165. The van der Waals surface area contributed by atoms with Gasteiger partial charge in [0.05, 0.1) is 39.9 Å². The van der Waals surface area contributed by atoms with E-state index in [2.05, 4.69) is 31.3 Å². The molecule has 8 nitrogen and oxygen atoms in total. The molecule has 0 aliphatic heterocycles. The van der Waals surface area contributed by atoms with E-state index in [1.807, 2.05) is 21.1 Å². The number of phosphoric ester groups is 1. The summed E-state index contributed by atoms with van der Waals surface area (Å²) in [7, 11) is 1.31. The summed E-state index contributed by atoms with van der Waals surface area (Å²) in [6.07, 6.45) is 50.8. The number of likely N-dealkylation sites (N-methyl/N-ethyl adjacent to an activating group) is 1. The van der Waals surface area contributed by atoms with E-state index in [0.29, 0.717) is 23.9 Å². The zero-order valence-corrected chi connectivity index (χ0v) is 41.6. The molecule has 0 aliphatic carbocycles. The number of nitrogens with one attached hydrogen (secondary N) is 1. The van der Waals surface area contributed by atoms with Crippen molar-refractivity contribution in [3.63, 3.8) is 0 Å². The average molecular weight is 871 g/mol. The van der Waals surface area contributed by atoms with Crippen LogP contribution < -0.4 is 10.2 Å². The van der Waals surface area contributed by atoms with Gasteiger partial charge < -0.3 is 28.8 Å². The lowest BCUT2D eigenvalue weighted by atomic mass is 10.0. The van der Waals surface area contributed by atoms with E-state index < -0.39 is 20.0 Å². The van der Waals surface area contributed by atoms with E-state index in [-0.39, 0.29) is 19.1 Å². The number of aliphatic hydroxyl groups is 1. The molecule has 0 spiro atoms. The van der Waals surface area contributed by atoms with E-state index in [1.54, 1.807) is 0 Å². The minimum absolute atomic E-state index is 0.0137. The van der Waals surface area contributed by atoms with Gasteiger partial charge >= 0.3 is 0 Å². The Morgan fingerprint density at radius 3 is 1.30 bits per heavy atom. The van der Waals surface area contributed by atoms with Crippen molar-refractivity contribution in [3.05, 3.63) is 12.2 Å². The van der Waals surface area contributed by atoms with Crippen molar-refractivity contribution in [1.29, 1.82) is 0 Å². The number of hydrogen-bond donors (Lipinski definition) is 2. The molecule has 0 aromatic heterocycles. The Bertz CT molecular complexity index is 989. The van der Waals surface area contributed by atoms with Crippen molar-refractivity contribution in [2.45, 2.75) is 270 Å². The van der Waals surface area contributed by atoms with Crippen LogP contribution in [0, 0.1) is 0 Å². The highest BCUT2D eigenvalue weighted by Crippen LogP contribution is 2.38. The fraction of sp³-hybridized carbons (Fsp3) is 0.941. The third-order valence-electron chi connectivity index (χ3n) is 12.0. The van der Waals surface area contributed by atoms with Crippen LogP contribution >= 0.6 is 7.82 Å². The van der Waals surface area contributed by atoms with Gasteiger partial charge in [-0.05, 0) is 38.5 Å². The molecule has 0 radical (unpaired) electrons. The molecule has 0 aliphatic rings. The van der Waals surface area contributed by atoms with Gasteiger partial charge in [-0.15, -0.1) is 0 Å². The van der Waals surface area contributed by atoms with Crippen molar-refractivity contribution >= 4 is 13.7 Å². The molecule has 3 atom stereocenters. The zero-order valence-electron chi connectivity index (χ0n) is 40.7. The Kier molecular flexibility index (Phi) is 42.9. The molecule has 0 rings (SSSR count). The minimum atomic E-state index is -4.56. The monoisotopic (exact) mass is 871 g/mol. The second-order valence-corrected chi connectivity index (χ2v) is 20.6. The fourth-order valence-electron chi connectivity index (χ4n) is 7.86. The van der Waals surface area contributed by atoms with Gasteiger partial charge in [-0.25, -0.2) is 0 Å². The molecule has 358 valence electrons. The number of amides is 1. The van der Waals surface area contributed by atoms with Gasteiger partial charge in [0.25, 0.3) is 7.82 Å². The van der Waals surface area contributed by atoms with Gasteiger partial charge in [0.1, 0.15) is 13.2 Å². The molecule has 0 aromatic rings. The Labute approximate surface area is 373 Å². The lowest BCUT2D eigenvalue weighted by molar-refractivity contribution is -0.870. The number of unbranched alkanes of at least 4 members (excludes halogenated alkanes) is 33. The first-order valence-electron chi connectivity index (χ1n) is 26.0. The largest absolute Gasteiger partial charge is 0.756 e. The number of phosphoric acid groups is 1. The number of nitrogens with zero attached hydrogens (tertiary/aromatic N) is 1. The summed E-state index contributed by atoms with van der Waals surface area (Å²) < 4.78 is 23.3. The van der Waals surface area contributed by atoms with Crippen LogP contribution in [0.25, 0.3) is 0 Å². The third kappa shape index (κ3) is 45.3. The highest BCUT2D eigenvalue weighted by molar-refractivity contribution is 7.45. The molecule has 60 heavy (non-hydrogen) atoms. The van der Waals surface area contributed by atoms with Crippen LogP contribution in [0.15, 0.2) is 12.2 Å². The summed E-state index contributed by atoms with van der Waals surface area (Å²) in [6.45, 7) is 4.75. The number of hydrogen-bond acceptors (Lipinski definition) is 6. The van der Waals surface area contributed by atoms with Gasteiger partial charge in [0, 0.05) is 6.42 Å². The second kappa shape index (κ2) is 43.5. The Hall–Kier alpha value is -0.760. The summed E-state index contributed by atoms with van der Waals surface area (Å²) in [4.78, 5) is 25.4. The molecule has 0 aromatic carbocycles. The maximum atomic E-state index is 12.9. The average Bonchev–Trinajstić information content (AvgIpc) is 3.20. The van der Waals surface area contributed by atoms with Crippen molar-refractivity contribution in [1.82, 2.24) is 5.32 Å². The molecule has 3 unspecified atom stereocenters. The lowest BCUT2D eigenvalue weighted by Gasteiger charge is -2.30. The summed E-state index contributed by atoms with van der Waals surface area (Å²) in [5, 5.41) is 14.0. The highest BCUT2D eigenvalue weighted by Gasteiger charge is 2.24. The van der Waals surface area contributed by atoms with Crippen LogP contribution in [-0.2, 0) is 18.4 Å². The van der Waals surface area contributed by atoms with Gasteiger partial charge in [-0.1, -0.05) is 225 Å². The maximum Gasteiger partial charge on any atom is 0.268 e. The third-order valence-corrected chi connectivity index (χ3v) is 13.0. The molecule has 9 heteroatoms. The molecular weight excluding hydrogens is 768 g/mol. The van der Waals surface area contributed by atoms with E-state index in [0.717, 1.165) is 38.5 Å². The van der Waals surface area contributed by atoms with Crippen LogP contribution in [0.5, 0.6) is 0 Å². The molecular formula is C51H103N2O6P. The van der Waals surface area contributed by atoms with Gasteiger partial charge in [0.2, 0.25) is 5.91 Å². The van der Waals surface area contributed by atoms with Crippen molar-refractivity contribution in [3.8, 4) is 0 Å². The fourth-order valence-corrected chi connectivity index (χ4v) is 8.58. The van der Waals surface area contributed by atoms with E-state index in [4.69, 9.17) is 9.05 Å². The number of quaternary nitrogens is 1. The Balaban J connectivity index is 4.17. The van der Waals surface area contributed by atoms with Crippen molar-refractivity contribution < 1.29 is 32.9 Å². The summed E-state index contributed by atoms with van der Waals surface area (Å²) >= 11 is 0.